The van der Waals surface area contributed by atoms with E-state index in [0.717, 1.165) is 23.3 Å². The van der Waals surface area contributed by atoms with Crippen LogP contribution in [0.4, 0.5) is 0 Å². The second-order valence-electron chi connectivity index (χ2n) is 4.25. The van der Waals surface area contributed by atoms with Crippen LogP contribution in [0.2, 0.25) is 0 Å². The molecule has 1 aliphatic heterocycles. The van der Waals surface area contributed by atoms with Crippen molar-refractivity contribution < 1.29 is 9.84 Å². The van der Waals surface area contributed by atoms with Gasteiger partial charge in [-0.1, -0.05) is 18.2 Å². The summed E-state index contributed by atoms with van der Waals surface area (Å²) >= 11 is 0. The highest BCUT2D eigenvalue weighted by Gasteiger charge is 2.22. The molecule has 0 amide bonds. The summed E-state index contributed by atoms with van der Waals surface area (Å²) < 4.78 is 7.27. The van der Waals surface area contributed by atoms with Crippen LogP contribution in [0.15, 0.2) is 30.5 Å². The quantitative estimate of drug-likeness (QED) is 0.849. The molecule has 3 rings (SSSR count). The Labute approximate surface area is 99.5 Å². The van der Waals surface area contributed by atoms with E-state index in [0.29, 0.717) is 12.3 Å². The fourth-order valence-electron chi connectivity index (χ4n) is 2.19. The summed E-state index contributed by atoms with van der Waals surface area (Å²) in [5.74, 6) is 0.825. The van der Waals surface area contributed by atoms with Crippen LogP contribution in [0.5, 0.6) is 5.75 Å². The highest BCUT2D eigenvalue weighted by atomic mass is 16.5. The Morgan fingerprint density at radius 1 is 1.41 bits per heavy atom. The summed E-state index contributed by atoms with van der Waals surface area (Å²) in [6.07, 6.45) is 2.02. The molecule has 4 nitrogen and oxygen atoms in total. The molecular formula is C13H14N2O2. The minimum absolute atomic E-state index is 0.649. The predicted octanol–water partition coefficient (Wildman–Crippen LogP) is 1.44. The number of aryl methyl sites for hydroxylation is 1. The Kier molecular flexibility index (Phi) is 2.37. The van der Waals surface area contributed by atoms with E-state index in [-0.39, 0.29) is 0 Å². The molecule has 4 heteroatoms. The average molecular weight is 230 g/mol. The molecule has 17 heavy (non-hydrogen) atoms. The van der Waals surface area contributed by atoms with Gasteiger partial charge in [0.1, 0.15) is 11.9 Å². The van der Waals surface area contributed by atoms with Gasteiger partial charge in [0, 0.05) is 25.2 Å². The standard InChI is InChI=1S/C13H14N2O2/c1-15-7-5-11(14-15)12(16)10-4-2-3-9-6-8-17-13(9)10/h2-5,7,12,16H,6,8H2,1H3. The number of nitrogens with zero attached hydrogens (tertiary/aromatic N) is 2. The number of aliphatic hydroxyl groups is 1. The molecule has 0 radical (unpaired) electrons. The fraction of sp³-hybridized carbons (Fsp3) is 0.308. The van der Waals surface area contributed by atoms with Crippen LogP contribution in [-0.2, 0) is 13.5 Å². The SMILES string of the molecule is Cn1ccc(C(O)c2cccc3c2OCC3)n1. The van der Waals surface area contributed by atoms with E-state index in [9.17, 15) is 5.11 Å². The van der Waals surface area contributed by atoms with Gasteiger partial charge in [-0.05, 0) is 11.6 Å². The lowest BCUT2D eigenvalue weighted by Crippen LogP contribution is -2.03. The van der Waals surface area contributed by atoms with Gasteiger partial charge >= 0.3 is 0 Å². The molecule has 0 bridgehead atoms. The number of hydrogen-bond acceptors (Lipinski definition) is 3. The number of benzene rings is 1. The van der Waals surface area contributed by atoms with E-state index in [1.165, 1.54) is 0 Å². The summed E-state index contributed by atoms with van der Waals surface area (Å²) in [6, 6.07) is 7.70. The average Bonchev–Trinajstić information content (AvgIpc) is 2.95. The van der Waals surface area contributed by atoms with Gasteiger partial charge in [0.05, 0.1) is 12.3 Å². The molecule has 0 aliphatic carbocycles. The van der Waals surface area contributed by atoms with Gasteiger partial charge in [0.2, 0.25) is 0 Å². The number of aliphatic hydroxyl groups excluding tert-OH is 1. The van der Waals surface area contributed by atoms with Crippen LogP contribution in [0, 0.1) is 0 Å². The number of fused-ring (bicyclic) bond motifs is 1. The monoisotopic (exact) mass is 230 g/mol. The van der Waals surface area contributed by atoms with Gasteiger partial charge < -0.3 is 9.84 Å². The molecule has 1 aliphatic rings. The summed E-state index contributed by atoms with van der Waals surface area (Å²) in [5, 5.41) is 14.5. The zero-order valence-corrected chi connectivity index (χ0v) is 9.63. The smallest absolute Gasteiger partial charge is 0.128 e. The molecule has 1 aromatic carbocycles. The van der Waals surface area contributed by atoms with Gasteiger partial charge in [-0.15, -0.1) is 0 Å². The molecule has 88 valence electrons. The number of rotatable bonds is 2. The Bertz CT molecular complexity index is 548. The molecule has 2 heterocycles. The highest BCUT2D eigenvalue weighted by molar-refractivity contribution is 5.46. The van der Waals surface area contributed by atoms with Crippen molar-refractivity contribution in [1.82, 2.24) is 9.78 Å². The van der Waals surface area contributed by atoms with Crippen molar-refractivity contribution in [2.45, 2.75) is 12.5 Å². The zero-order chi connectivity index (χ0) is 11.8. The molecule has 1 aromatic heterocycles. The Balaban J connectivity index is 2.02. The van der Waals surface area contributed by atoms with Crippen LogP contribution < -0.4 is 4.74 Å². The predicted molar refractivity (Wildman–Crippen MR) is 62.9 cm³/mol. The Hall–Kier alpha value is -1.81. The summed E-state index contributed by atoms with van der Waals surface area (Å²) in [5.41, 5.74) is 2.62. The molecule has 0 saturated heterocycles. The minimum atomic E-state index is -0.718. The number of ether oxygens (including phenoxy) is 1. The van der Waals surface area contributed by atoms with Gasteiger partial charge in [0.15, 0.2) is 0 Å². The minimum Gasteiger partial charge on any atom is -0.493 e. The van der Waals surface area contributed by atoms with Crippen LogP contribution in [-0.4, -0.2) is 21.5 Å². The van der Waals surface area contributed by atoms with E-state index in [1.54, 1.807) is 4.68 Å². The van der Waals surface area contributed by atoms with Crippen molar-refractivity contribution in [2.24, 2.45) is 7.05 Å². The maximum atomic E-state index is 10.3. The number of para-hydroxylation sites is 1. The van der Waals surface area contributed by atoms with E-state index in [2.05, 4.69) is 5.10 Å². The summed E-state index contributed by atoms with van der Waals surface area (Å²) in [6.45, 7) is 0.696. The van der Waals surface area contributed by atoms with Crippen molar-refractivity contribution in [2.75, 3.05) is 6.61 Å². The van der Waals surface area contributed by atoms with E-state index < -0.39 is 6.10 Å². The number of aromatic nitrogens is 2. The lowest BCUT2D eigenvalue weighted by Gasteiger charge is -2.12. The first kappa shape index (κ1) is 10.4. The van der Waals surface area contributed by atoms with Gasteiger partial charge in [0.25, 0.3) is 0 Å². The molecule has 0 spiro atoms. The van der Waals surface area contributed by atoms with Crippen molar-refractivity contribution in [1.29, 1.82) is 0 Å². The number of hydrogen-bond donors (Lipinski definition) is 1. The third-order valence-electron chi connectivity index (χ3n) is 3.05. The van der Waals surface area contributed by atoms with E-state index in [4.69, 9.17) is 4.74 Å². The lowest BCUT2D eigenvalue weighted by molar-refractivity contribution is 0.208. The van der Waals surface area contributed by atoms with Gasteiger partial charge in [-0.3, -0.25) is 4.68 Å². The Morgan fingerprint density at radius 2 is 2.29 bits per heavy atom. The maximum absolute atomic E-state index is 10.3. The van der Waals surface area contributed by atoms with Crippen LogP contribution in [0.1, 0.15) is 22.9 Å². The summed E-state index contributed by atoms with van der Waals surface area (Å²) in [4.78, 5) is 0. The molecule has 1 N–H and O–H groups in total. The fourth-order valence-corrected chi connectivity index (χ4v) is 2.19. The maximum Gasteiger partial charge on any atom is 0.128 e. The molecule has 1 atom stereocenters. The zero-order valence-electron chi connectivity index (χ0n) is 9.63. The topological polar surface area (TPSA) is 47.3 Å². The normalized spacial score (nSPS) is 15.4. The molecule has 0 saturated carbocycles. The van der Waals surface area contributed by atoms with Crippen molar-refractivity contribution in [3.63, 3.8) is 0 Å². The van der Waals surface area contributed by atoms with E-state index >= 15 is 0 Å². The van der Waals surface area contributed by atoms with Crippen LogP contribution >= 0.6 is 0 Å². The molecule has 1 unspecified atom stereocenters. The Morgan fingerprint density at radius 3 is 3.06 bits per heavy atom. The third-order valence-corrected chi connectivity index (χ3v) is 3.05. The largest absolute Gasteiger partial charge is 0.493 e. The first-order valence-corrected chi connectivity index (χ1v) is 5.68. The van der Waals surface area contributed by atoms with Gasteiger partial charge in [-0.2, -0.15) is 5.10 Å². The van der Waals surface area contributed by atoms with Crippen molar-refractivity contribution >= 4 is 0 Å². The first-order chi connectivity index (χ1) is 8.25. The second kappa shape index (κ2) is 3.89. The highest BCUT2D eigenvalue weighted by Crippen LogP contribution is 2.35. The summed E-state index contributed by atoms with van der Waals surface area (Å²) in [7, 11) is 1.84. The van der Waals surface area contributed by atoms with Crippen molar-refractivity contribution in [3.05, 3.63) is 47.3 Å². The molecule has 0 fully saturated rings. The van der Waals surface area contributed by atoms with Crippen LogP contribution in [0.25, 0.3) is 0 Å². The molecule has 2 aromatic rings. The van der Waals surface area contributed by atoms with Gasteiger partial charge in [-0.25, -0.2) is 0 Å². The van der Waals surface area contributed by atoms with E-state index in [1.807, 2.05) is 37.5 Å². The third kappa shape index (κ3) is 1.70. The van der Waals surface area contributed by atoms with Crippen LogP contribution in [0.3, 0.4) is 0 Å². The second-order valence-corrected chi connectivity index (χ2v) is 4.25. The first-order valence-electron chi connectivity index (χ1n) is 5.68. The van der Waals surface area contributed by atoms with Crippen molar-refractivity contribution in [3.8, 4) is 5.75 Å². The lowest BCUT2D eigenvalue weighted by atomic mass is 10.0. The molecular weight excluding hydrogens is 216 g/mol.